The first-order valence-corrected chi connectivity index (χ1v) is 11.6. The SMILES string of the molecule is C=CCOC(=O)[O-].CCCCCCCCCCCCCCCCC[N+](C)(C)C. The highest BCUT2D eigenvalue weighted by Gasteiger charge is 2.04. The molecule has 0 aliphatic rings. The molecule has 0 N–H and O–H groups in total. The molecule has 0 amide bonds. The molecule has 0 saturated heterocycles. The van der Waals surface area contributed by atoms with E-state index >= 15 is 0 Å². The quantitative estimate of drug-likeness (QED) is 0.121. The standard InChI is InChI=1S/C20H44N.C4H6O3/c1-5-6-7-8-9-10-11-12-13-14-15-16-17-18-19-20-21(2,3)4;1-2-3-7-4(5)6/h5-20H2,1-4H3;2H,1,3H2,(H,5,6)/q+1;/p-1. The molecule has 0 bridgehead atoms. The zero-order valence-electron chi connectivity index (χ0n) is 19.5. The van der Waals surface area contributed by atoms with Crippen LogP contribution in [-0.2, 0) is 4.74 Å². The van der Waals surface area contributed by atoms with Crippen molar-refractivity contribution in [3.05, 3.63) is 12.7 Å². The number of unbranched alkanes of at least 4 members (excludes halogenated alkanes) is 14. The Balaban J connectivity index is 0. The summed E-state index contributed by atoms with van der Waals surface area (Å²) in [6.07, 6.45) is 21.7. The first-order chi connectivity index (χ1) is 13.3. The Bertz CT molecular complexity index is 337. The predicted molar refractivity (Wildman–Crippen MR) is 119 cm³/mol. The molecule has 0 heterocycles. The van der Waals surface area contributed by atoms with Gasteiger partial charge in [0.2, 0.25) is 0 Å². The fraction of sp³-hybridized carbons (Fsp3) is 0.875. The summed E-state index contributed by atoms with van der Waals surface area (Å²) >= 11 is 0. The van der Waals surface area contributed by atoms with Crippen molar-refractivity contribution in [2.75, 3.05) is 34.3 Å². The van der Waals surface area contributed by atoms with Crippen LogP contribution < -0.4 is 5.11 Å². The molecule has 0 rings (SSSR count). The van der Waals surface area contributed by atoms with Gasteiger partial charge in [-0.15, -0.1) is 6.58 Å². The van der Waals surface area contributed by atoms with E-state index in [-0.39, 0.29) is 6.61 Å². The van der Waals surface area contributed by atoms with Gasteiger partial charge in [-0.2, -0.15) is 0 Å². The normalized spacial score (nSPS) is 10.9. The lowest BCUT2D eigenvalue weighted by atomic mass is 10.0. The number of carboxylic acid groups (broad SMARTS) is 1. The van der Waals surface area contributed by atoms with Gasteiger partial charge in [-0.25, -0.2) is 0 Å². The van der Waals surface area contributed by atoms with E-state index in [1.165, 1.54) is 109 Å². The third kappa shape index (κ3) is 32.6. The first-order valence-electron chi connectivity index (χ1n) is 11.6. The van der Waals surface area contributed by atoms with E-state index in [2.05, 4.69) is 39.4 Å². The third-order valence-corrected chi connectivity index (χ3v) is 4.75. The number of rotatable bonds is 18. The smallest absolute Gasteiger partial charge is 0.252 e. The Morgan fingerprint density at radius 2 is 1.14 bits per heavy atom. The number of carbonyl (C=O) groups excluding carboxylic acids is 1. The molecule has 0 saturated carbocycles. The van der Waals surface area contributed by atoms with E-state index in [0.717, 1.165) is 4.48 Å². The molecule has 4 nitrogen and oxygen atoms in total. The van der Waals surface area contributed by atoms with E-state index in [9.17, 15) is 9.90 Å². The highest BCUT2D eigenvalue weighted by Crippen LogP contribution is 2.13. The Hall–Kier alpha value is -1.03. The van der Waals surface area contributed by atoms with Gasteiger partial charge >= 0.3 is 0 Å². The van der Waals surface area contributed by atoms with Crippen molar-refractivity contribution in [1.29, 1.82) is 0 Å². The van der Waals surface area contributed by atoms with Crippen molar-refractivity contribution in [1.82, 2.24) is 0 Å². The average Bonchev–Trinajstić information content (AvgIpc) is 2.63. The van der Waals surface area contributed by atoms with Gasteiger partial charge in [0, 0.05) is 6.61 Å². The molecule has 0 fully saturated rings. The largest absolute Gasteiger partial charge is 0.546 e. The molecule has 0 atom stereocenters. The number of hydrogen-bond acceptors (Lipinski definition) is 3. The molecule has 0 spiro atoms. The minimum absolute atomic E-state index is 0.00231. The van der Waals surface area contributed by atoms with Gasteiger partial charge in [0.05, 0.1) is 27.7 Å². The van der Waals surface area contributed by atoms with Crippen molar-refractivity contribution in [2.45, 2.75) is 103 Å². The Labute approximate surface area is 175 Å². The summed E-state index contributed by atoms with van der Waals surface area (Å²) in [7, 11) is 6.89. The average molecular weight is 400 g/mol. The number of nitrogens with zero attached hydrogens (tertiary/aromatic N) is 1. The monoisotopic (exact) mass is 399 g/mol. The summed E-state index contributed by atoms with van der Waals surface area (Å²) in [6, 6.07) is 0. The van der Waals surface area contributed by atoms with Crippen molar-refractivity contribution in [3.8, 4) is 0 Å². The second-order valence-corrected chi connectivity index (χ2v) is 8.81. The summed E-state index contributed by atoms with van der Waals surface area (Å²) < 4.78 is 5.00. The van der Waals surface area contributed by atoms with E-state index < -0.39 is 6.16 Å². The number of carbonyl (C=O) groups is 1. The molecular weight excluding hydrogens is 350 g/mol. The molecule has 0 aliphatic heterocycles. The van der Waals surface area contributed by atoms with Crippen LogP contribution in [0.2, 0.25) is 0 Å². The molecule has 0 radical (unpaired) electrons. The van der Waals surface area contributed by atoms with Crippen LogP contribution in [0, 0.1) is 0 Å². The molecule has 0 aromatic carbocycles. The lowest BCUT2D eigenvalue weighted by molar-refractivity contribution is -0.870. The maximum atomic E-state index is 9.38. The number of ether oxygens (including phenoxy) is 1. The number of quaternary nitrogens is 1. The molecule has 4 heteroatoms. The summed E-state index contributed by atoms with van der Waals surface area (Å²) in [5.74, 6) is 0. The fourth-order valence-corrected chi connectivity index (χ4v) is 3.08. The van der Waals surface area contributed by atoms with Gasteiger partial charge in [0.25, 0.3) is 6.16 Å². The van der Waals surface area contributed by atoms with Crippen LogP contribution in [0.3, 0.4) is 0 Å². The minimum atomic E-state index is -1.51. The summed E-state index contributed by atoms with van der Waals surface area (Å²) in [5.41, 5.74) is 0. The van der Waals surface area contributed by atoms with Crippen LogP contribution in [0.15, 0.2) is 12.7 Å². The summed E-state index contributed by atoms with van der Waals surface area (Å²) in [4.78, 5) is 9.38. The minimum Gasteiger partial charge on any atom is -0.546 e. The molecule has 0 aromatic rings. The van der Waals surface area contributed by atoms with Crippen molar-refractivity contribution < 1.29 is 19.1 Å². The molecule has 0 aliphatic carbocycles. The lowest BCUT2D eigenvalue weighted by Gasteiger charge is -2.23. The van der Waals surface area contributed by atoms with Gasteiger partial charge in [0.1, 0.15) is 0 Å². The van der Waals surface area contributed by atoms with Crippen LogP contribution in [0.1, 0.15) is 103 Å². The van der Waals surface area contributed by atoms with Gasteiger partial charge in [-0.3, -0.25) is 0 Å². The van der Waals surface area contributed by atoms with Gasteiger partial charge in [-0.05, 0) is 12.8 Å². The zero-order valence-corrected chi connectivity index (χ0v) is 19.5. The van der Waals surface area contributed by atoms with E-state index in [1.807, 2.05) is 0 Å². The van der Waals surface area contributed by atoms with Gasteiger partial charge in [0.15, 0.2) is 0 Å². The second-order valence-electron chi connectivity index (χ2n) is 8.81. The highest BCUT2D eigenvalue weighted by molar-refractivity contribution is 5.54. The van der Waals surface area contributed by atoms with Crippen molar-refractivity contribution in [2.24, 2.45) is 0 Å². The third-order valence-electron chi connectivity index (χ3n) is 4.75. The Kier molecular flexibility index (Phi) is 23.2. The van der Waals surface area contributed by atoms with Crippen LogP contribution in [-0.4, -0.2) is 44.9 Å². The maximum absolute atomic E-state index is 9.38. The predicted octanol–water partition coefficient (Wildman–Crippen LogP) is 6.10. The second kappa shape index (κ2) is 22.3. The molecule has 28 heavy (non-hydrogen) atoms. The Morgan fingerprint density at radius 1 is 0.786 bits per heavy atom. The van der Waals surface area contributed by atoms with E-state index in [4.69, 9.17) is 0 Å². The van der Waals surface area contributed by atoms with Crippen molar-refractivity contribution >= 4 is 6.16 Å². The molecule has 0 aromatic heterocycles. The van der Waals surface area contributed by atoms with Crippen LogP contribution in [0.25, 0.3) is 0 Å². The fourth-order valence-electron chi connectivity index (χ4n) is 3.08. The van der Waals surface area contributed by atoms with E-state index in [0.29, 0.717) is 0 Å². The maximum Gasteiger partial charge on any atom is 0.252 e. The number of hydrogen-bond donors (Lipinski definition) is 0. The molecule has 168 valence electrons. The highest BCUT2D eigenvalue weighted by atomic mass is 16.7. The zero-order chi connectivity index (χ0) is 21.5. The van der Waals surface area contributed by atoms with Gasteiger partial charge < -0.3 is 19.1 Å². The van der Waals surface area contributed by atoms with Crippen LogP contribution in [0.5, 0.6) is 0 Å². The van der Waals surface area contributed by atoms with E-state index in [1.54, 1.807) is 0 Å². The Morgan fingerprint density at radius 3 is 1.39 bits per heavy atom. The lowest BCUT2D eigenvalue weighted by Crippen LogP contribution is -2.35. The topological polar surface area (TPSA) is 49.4 Å². The van der Waals surface area contributed by atoms with Crippen LogP contribution in [0.4, 0.5) is 4.79 Å². The van der Waals surface area contributed by atoms with Gasteiger partial charge in [-0.1, -0.05) is 96.5 Å². The molecular formula is C24H49NO3. The summed E-state index contributed by atoms with van der Waals surface area (Å²) in [6.45, 7) is 6.85. The molecule has 0 unspecified atom stereocenters. The summed E-state index contributed by atoms with van der Waals surface area (Å²) in [5, 5.41) is 9.38. The van der Waals surface area contributed by atoms with Crippen molar-refractivity contribution in [3.63, 3.8) is 0 Å². The van der Waals surface area contributed by atoms with Crippen LogP contribution >= 0.6 is 0 Å². The first kappa shape index (κ1) is 29.2.